The molecule has 0 amide bonds. The molecule has 0 aliphatic rings. The lowest BCUT2D eigenvalue weighted by molar-refractivity contribution is 0.341. The van der Waals surface area contributed by atoms with Crippen molar-refractivity contribution in [3.63, 3.8) is 0 Å². The summed E-state index contributed by atoms with van der Waals surface area (Å²) >= 11 is 0. The molecule has 84 valence electrons. The largest absolute Gasteiger partial charge is 0.504 e. The Hall–Kier alpha value is -1.25. The van der Waals surface area contributed by atoms with Crippen molar-refractivity contribution in [2.75, 3.05) is 7.11 Å². The van der Waals surface area contributed by atoms with Gasteiger partial charge in [-0.2, -0.15) is 5.10 Å². The van der Waals surface area contributed by atoms with Gasteiger partial charge in [-0.25, -0.2) is 0 Å². The first-order valence-corrected chi connectivity index (χ1v) is 5.14. The molecule has 1 heterocycles. The Morgan fingerprint density at radius 2 is 1.87 bits per heavy atom. The molecular formula is C12H20N2O. The van der Waals surface area contributed by atoms with E-state index in [9.17, 15) is 0 Å². The first-order chi connectivity index (χ1) is 6.88. The first kappa shape index (κ1) is 11.8. The van der Waals surface area contributed by atoms with Crippen LogP contribution < -0.4 is 0 Å². The summed E-state index contributed by atoms with van der Waals surface area (Å²) in [5.41, 5.74) is 3.38. The van der Waals surface area contributed by atoms with Crippen molar-refractivity contribution in [3.8, 4) is 0 Å². The third-order valence-electron chi connectivity index (χ3n) is 2.35. The molecule has 0 saturated carbocycles. The predicted molar refractivity (Wildman–Crippen MR) is 62.7 cm³/mol. The van der Waals surface area contributed by atoms with Gasteiger partial charge in [0.1, 0.15) is 0 Å². The first-order valence-electron chi connectivity index (χ1n) is 5.14. The average molecular weight is 208 g/mol. The third kappa shape index (κ3) is 2.41. The summed E-state index contributed by atoms with van der Waals surface area (Å²) in [4.78, 5) is 0. The second kappa shape index (κ2) is 4.09. The van der Waals surface area contributed by atoms with E-state index in [1.54, 1.807) is 13.4 Å². The zero-order valence-corrected chi connectivity index (χ0v) is 10.5. The standard InChI is InChI=1S/C12H20N2O/c1-9-11(7-8-15-6)10(2)14(13-9)12(3,4)5/h7-8H,1-6H3. The van der Waals surface area contributed by atoms with Crippen LogP contribution in [0.15, 0.2) is 6.26 Å². The van der Waals surface area contributed by atoms with Crippen molar-refractivity contribution in [3.05, 3.63) is 23.2 Å². The number of aromatic nitrogens is 2. The lowest BCUT2D eigenvalue weighted by Crippen LogP contribution is -2.24. The van der Waals surface area contributed by atoms with Crippen molar-refractivity contribution >= 4 is 6.08 Å². The Labute approximate surface area is 91.7 Å². The molecule has 15 heavy (non-hydrogen) atoms. The smallest absolute Gasteiger partial charge is 0.0831 e. The fourth-order valence-electron chi connectivity index (χ4n) is 1.69. The van der Waals surface area contributed by atoms with E-state index in [1.165, 1.54) is 5.69 Å². The van der Waals surface area contributed by atoms with Crippen LogP contribution in [0.25, 0.3) is 6.08 Å². The normalized spacial score (nSPS) is 12.4. The monoisotopic (exact) mass is 208 g/mol. The molecule has 0 spiro atoms. The number of rotatable bonds is 2. The molecular weight excluding hydrogens is 188 g/mol. The summed E-state index contributed by atoms with van der Waals surface area (Å²) in [6, 6.07) is 0. The molecule has 0 radical (unpaired) electrons. The highest BCUT2D eigenvalue weighted by Crippen LogP contribution is 2.22. The van der Waals surface area contributed by atoms with E-state index < -0.39 is 0 Å². The minimum Gasteiger partial charge on any atom is -0.504 e. The molecule has 0 fully saturated rings. The molecule has 0 atom stereocenters. The van der Waals surface area contributed by atoms with Gasteiger partial charge >= 0.3 is 0 Å². The zero-order chi connectivity index (χ0) is 11.6. The fraction of sp³-hybridized carbons (Fsp3) is 0.583. The minimum atomic E-state index is 0.0218. The van der Waals surface area contributed by atoms with Gasteiger partial charge in [0.2, 0.25) is 0 Å². The van der Waals surface area contributed by atoms with Gasteiger partial charge in [0.25, 0.3) is 0 Å². The lowest BCUT2D eigenvalue weighted by atomic mass is 10.1. The van der Waals surface area contributed by atoms with E-state index in [4.69, 9.17) is 4.74 Å². The fourth-order valence-corrected chi connectivity index (χ4v) is 1.69. The Morgan fingerprint density at radius 3 is 2.27 bits per heavy atom. The highest BCUT2D eigenvalue weighted by atomic mass is 16.5. The van der Waals surface area contributed by atoms with Crippen molar-refractivity contribution in [1.29, 1.82) is 0 Å². The average Bonchev–Trinajstić information content (AvgIpc) is 2.39. The van der Waals surface area contributed by atoms with Crippen LogP contribution in [-0.2, 0) is 10.3 Å². The van der Waals surface area contributed by atoms with Crippen LogP contribution in [0.2, 0.25) is 0 Å². The Balaban J connectivity index is 3.21. The number of hydrogen-bond acceptors (Lipinski definition) is 2. The summed E-state index contributed by atoms with van der Waals surface area (Å²) in [6.07, 6.45) is 3.64. The van der Waals surface area contributed by atoms with E-state index in [1.807, 2.05) is 13.0 Å². The van der Waals surface area contributed by atoms with Crippen LogP contribution >= 0.6 is 0 Å². The minimum absolute atomic E-state index is 0.0218. The number of nitrogens with zero attached hydrogens (tertiary/aromatic N) is 2. The van der Waals surface area contributed by atoms with Crippen LogP contribution in [0.3, 0.4) is 0 Å². The molecule has 0 N–H and O–H groups in total. The molecule has 1 aromatic rings. The van der Waals surface area contributed by atoms with Crippen molar-refractivity contribution in [1.82, 2.24) is 9.78 Å². The van der Waals surface area contributed by atoms with Gasteiger partial charge in [0.15, 0.2) is 0 Å². The summed E-state index contributed by atoms with van der Waals surface area (Å²) in [6.45, 7) is 10.5. The molecule has 0 saturated heterocycles. The summed E-state index contributed by atoms with van der Waals surface area (Å²) in [5.74, 6) is 0. The highest BCUT2D eigenvalue weighted by molar-refractivity contribution is 5.53. The SMILES string of the molecule is COC=Cc1c(C)nn(C(C)(C)C)c1C. The molecule has 0 bridgehead atoms. The van der Waals surface area contributed by atoms with Gasteiger partial charge in [0, 0.05) is 11.3 Å². The maximum Gasteiger partial charge on any atom is 0.0831 e. The number of hydrogen-bond donors (Lipinski definition) is 0. The molecule has 0 unspecified atom stereocenters. The van der Waals surface area contributed by atoms with Crippen LogP contribution in [0.1, 0.15) is 37.7 Å². The van der Waals surface area contributed by atoms with E-state index in [-0.39, 0.29) is 5.54 Å². The van der Waals surface area contributed by atoms with E-state index in [0.717, 1.165) is 11.3 Å². The maximum absolute atomic E-state index is 4.93. The molecule has 1 aromatic heterocycles. The quantitative estimate of drug-likeness (QED) is 0.699. The maximum atomic E-state index is 4.93. The van der Waals surface area contributed by atoms with Gasteiger partial charge < -0.3 is 4.74 Å². The molecule has 0 aliphatic carbocycles. The number of methoxy groups -OCH3 is 1. The van der Waals surface area contributed by atoms with E-state index in [2.05, 4.69) is 37.5 Å². The molecule has 3 heteroatoms. The van der Waals surface area contributed by atoms with Crippen LogP contribution in [0.4, 0.5) is 0 Å². The van der Waals surface area contributed by atoms with Gasteiger partial charge in [-0.05, 0) is 40.7 Å². The summed E-state index contributed by atoms with van der Waals surface area (Å²) in [7, 11) is 1.65. The Morgan fingerprint density at radius 1 is 1.27 bits per heavy atom. The predicted octanol–water partition coefficient (Wildman–Crippen LogP) is 2.87. The van der Waals surface area contributed by atoms with Crippen LogP contribution in [0.5, 0.6) is 0 Å². The summed E-state index contributed by atoms with van der Waals surface area (Å²) in [5, 5.41) is 4.54. The lowest BCUT2D eigenvalue weighted by Gasteiger charge is -2.21. The topological polar surface area (TPSA) is 27.1 Å². The van der Waals surface area contributed by atoms with Crippen LogP contribution in [0, 0.1) is 13.8 Å². The Kier molecular flexibility index (Phi) is 3.22. The van der Waals surface area contributed by atoms with Crippen molar-refractivity contribution in [2.45, 2.75) is 40.2 Å². The highest BCUT2D eigenvalue weighted by Gasteiger charge is 2.19. The number of aryl methyl sites for hydroxylation is 1. The second-order valence-electron chi connectivity index (χ2n) is 4.71. The molecule has 0 aromatic carbocycles. The van der Waals surface area contributed by atoms with Gasteiger partial charge in [0.05, 0.1) is 24.6 Å². The second-order valence-corrected chi connectivity index (χ2v) is 4.71. The molecule has 1 rings (SSSR count). The van der Waals surface area contributed by atoms with Gasteiger partial charge in [-0.3, -0.25) is 4.68 Å². The van der Waals surface area contributed by atoms with Gasteiger partial charge in [-0.1, -0.05) is 0 Å². The summed E-state index contributed by atoms with van der Waals surface area (Å²) < 4.78 is 6.99. The molecule has 3 nitrogen and oxygen atoms in total. The Bertz CT molecular complexity index is 370. The van der Waals surface area contributed by atoms with E-state index in [0.29, 0.717) is 0 Å². The third-order valence-corrected chi connectivity index (χ3v) is 2.35. The van der Waals surface area contributed by atoms with Crippen molar-refractivity contribution < 1.29 is 4.74 Å². The number of ether oxygens (including phenoxy) is 1. The van der Waals surface area contributed by atoms with Crippen molar-refractivity contribution in [2.24, 2.45) is 0 Å². The zero-order valence-electron chi connectivity index (χ0n) is 10.5. The molecule has 0 aliphatic heterocycles. The van der Waals surface area contributed by atoms with Gasteiger partial charge in [-0.15, -0.1) is 0 Å². The van der Waals surface area contributed by atoms with Crippen LogP contribution in [-0.4, -0.2) is 16.9 Å². The van der Waals surface area contributed by atoms with E-state index >= 15 is 0 Å².